The molecular formula is C26H20ClFN4O3S2. The average molecular weight is 555 g/mol. The molecule has 7 nitrogen and oxygen atoms in total. The van der Waals surface area contributed by atoms with E-state index in [-0.39, 0.29) is 39.8 Å². The highest BCUT2D eigenvalue weighted by Gasteiger charge is 2.37. The number of thioether (sulfide) groups is 1. The molecular weight excluding hydrogens is 535 g/mol. The number of hydrogen-bond acceptors (Lipinski definition) is 6. The molecule has 0 bridgehead atoms. The van der Waals surface area contributed by atoms with E-state index in [0.29, 0.717) is 27.5 Å². The molecule has 5 rings (SSSR count). The Morgan fingerprint density at radius 3 is 2.65 bits per heavy atom. The Morgan fingerprint density at radius 1 is 1.11 bits per heavy atom. The Morgan fingerprint density at radius 2 is 1.89 bits per heavy atom. The zero-order valence-electron chi connectivity index (χ0n) is 19.5. The van der Waals surface area contributed by atoms with Crippen molar-refractivity contribution in [3.05, 3.63) is 94.9 Å². The Labute approximate surface area is 222 Å². The van der Waals surface area contributed by atoms with E-state index < -0.39 is 10.0 Å². The lowest BCUT2D eigenvalue weighted by Crippen LogP contribution is -2.34. The van der Waals surface area contributed by atoms with Gasteiger partial charge in [0.2, 0.25) is 5.91 Å². The molecule has 0 saturated heterocycles. The highest BCUT2D eigenvalue weighted by atomic mass is 35.5. The molecule has 0 fully saturated rings. The first-order valence-electron chi connectivity index (χ1n) is 11.1. The van der Waals surface area contributed by atoms with E-state index in [0.717, 1.165) is 17.3 Å². The normalized spacial score (nSPS) is 13.5. The molecule has 0 radical (unpaired) electrons. The summed E-state index contributed by atoms with van der Waals surface area (Å²) in [6.45, 7) is 1.82. The number of nitrogens with zero attached hydrogens (tertiary/aromatic N) is 3. The van der Waals surface area contributed by atoms with Gasteiger partial charge < -0.3 is 5.32 Å². The number of halogens is 2. The van der Waals surface area contributed by atoms with Crippen molar-refractivity contribution in [3.63, 3.8) is 0 Å². The summed E-state index contributed by atoms with van der Waals surface area (Å²) in [7, 11) is -3.98. The van der Waals surface area contributed by atoms with E-state index in [2.05, 4.69) is 15.3 Å². The second kappa shape index (κ2) is 10.1. The molecule has 1 N–H and O–H groups in total. The number of carbonyl (C=O) groups excluding carboxylic acids is 1. The fourth-order valence-electron chi connectivity index (χ4n) is 3.97. The van der Waals surface area contributed by atoms with Gasteiger partial charge in [0.25, 0.3) is 10.0 Å². The largest absolute Gasteiger partial charge is 0.325 e. The first kappa shape index (κ1) is 25.2. The van der Waals surface area contributed by atoms with Crippen LogP contribution < -0.4 is 9.62 Å². The summed E-state index contributed by atoms with van der Waals surface area (Å²) in [5.74, 6) is -0.725. The molecule has 1 aliphatic rings. The van der Waals surface area contributed by atoms with E-state index >= 15 is 0 Å². The average Bonchev–Trinajstić information content (AvgIpc) is 2.87. The van der Waals surface area contributed by atoms with E-state index in [1.165, 1.54) is 28.7 Å². The van der Waals surface area contributed by atoms with Crippen molar-refractivity contribution < 1.29 is 17.6 Å². The van der Waals surface area contributed by atoms with Crippen LogP contribution in [0.3, 0.4) is 0 Å². The lowest BCUT2D eigenvalue weighted by atomic mass is 10.1. The predicted molar refractivity (Wildman–Crippen MR) is 143 cm³/mol. The number of anilines is 2. The highest BCUT2D eigenvalue weighted by molar-refractivity contribution is 7.99. The van der Waals surface area contributed by atoms with E-state index in [1.54, 1.807) is 25.1 Å². The minimum absolute atomic E-state index is 0.0179. The molecule has 3 aromatic carbocycles. The molecule has 0 unspecified atom stereocenters. The van der Waals surface area contributed by atoms with Gasteiger partial charge in [-0.15, -0.1) is 0 Å². The van der Waals surface area contributed by atoms with Crippen LogP contribution in [0.1, 0.15) is 11.1 Å². The van der Waals surface area contributed by atoms with Gasteiger partial charge in [0, 0.05) is 16.3 Å². The van der Waals surface area contributed by atoms with Crippen LogP contribution in [-0.4, -0.2) is 30.0 Å². The van der Waals surface area contributed by atoms with Crippen molar-refractivity contribution in [1.82, 2.24) is 9.97 Å². The SMILES string of the molecule is Cc1cc(F)ccc1NC(=O)CSc1ncc2c(n1)-c1ccc(Cl)cc1N(Cc1ccccc1)S2(=O)=O. The van der Waals surface area contributed by atoms with Crippen molar-refractivity contribution in [1.29, 1.82) is 0 Å². The predicted octanol–water partition coefficient (Wildman–Crippen LogP) is 5.68. The fraction of sp³-hybridized carbons (Fsp3) is 0.115. The molecule has 11 heteroatoms. The maximum absolute atomic E-state index is 13.6. The lowest BCUT2D eigenvalue weighted by Gasteiger charge is -2.31. The standard InChI is InChI=1S/C26H20ClFN4O3S2/c1-16-11-19(28)8-10-21(16)30-24(33)15-36-26-29-13-23-25(31-26)20-9-7-18(27)12-22(20)32(37(23,34)35)14-17-5-3-2-4-6-17/h2-13H,14-15H2,1H3,(H,30,33). The van der Waals surface area contributed by atoms with Crippen LogP contribution in [0, 0.1) is 12.7 Å². The summed E-state index contributed by atoms with van der Waals surface area (Å²) in [6.07, 6.45) is 1.28. The number of rotatable bonds is 6. The van der Waals surface area contributed by atoms with E-state index in [4.69, 9.17) is 11.6 Å². The highest BCUT2D eigenvalue weighted by Crippen LogP contribution is 2.44. The quantitative estimate of drug-likeness (QED) is 0.243. The topological polar surface area (TPSA) is 92.3 Å². The van der Waals surface area contributed by atoms with E-state index in [1.807, 2.05) is 30.3 Å². The van der Waals surface area contributed by atoms with Crippen LogP contribution in [0.25, 0.3) is 11.3 Å². The van der Waals surface area contributed by atoms with Crippen molar-refractivity contribution in [3.8, 4) is 11.3 Å². The number of carbonyl (C=O) groups is 1. The number of hydrogen-bond donors (Lipinski definition) is 1. The third-order valence-electron chi connectivity index (χ3n) is 5.75. The van der Waals surface area contributed by atoms with Crippen molar-refractivity contribution in [2.75, 3.05) is 15.4 Å². The van der Waals surface area contributed by atoms with Crippen molar-refractivity contribution in [2.45, 2.75) is 23.5 Å². The summed E-state index contributed by atoms with van der Waals surface area (Å²) in [5, 5.41) is 3.38. The number of amides is 1. The van der Waals surface area contributed by atoms with Gasteiger partial charge in [-0.1, -0.05) is 53.7 Å². The fourth-order valence-corrected chi connectivity index (χ4v) is 6.30. The zero-order chi connectivity index (χ0) is 26.2. The number of nitrogens with one attached hydrogen (secondary N) is 1. The van der Waals surface area contributed by atoms with Crippen molar-refractivity contribution in [2.24, 2.45) is 0 Å². The van der Waals surface area contributed by atoms with Gasteiger partial charge in [-0.05, 0) is 54.4 Å². The molecule has 1 aromatic heterocycles. The van der Waals surface area contributed by atoms with Gasteiger partial charge in [-0.3, -0.25) is 9.10 Å². The summed E-state index contributed by atoms with van der Waals surface area (Å²) >= 11 is 7.31. The Bertz CT molecular complexity index is 1620. The molecule has 4 aromatic rings. The van der Waals surface area contributed by atoms with Crippen LogP contribution >= 0.6 is 23.4 Å². The Hall–Kier alpha value is -3.47. The molecule has 0 spiro atoms. The molecule has 2 heterocycles. The number of fused-ring (bicyclic) bond motifs is 3. The summed E-state index contributed by atoms with van der Waals surface area (Å²) in [6, 6.07) is 18.4. The monoisotopic (exact) mass is 554 g/mol. The third kappa shape index (κ3) is 5.18. The molecule has 188 valence electrons. The molecule has 1 amide bonds. The number of benzene rings is 3. The van der Waals surface area contributed by atoms with Gasteiger partial charge in [0.1, 0.15) is 10.7 Å². The van der Waals surface area contributed by atoms with E-state index in [9.17, 15) is 17.6 Å². The maximum Gasteiger partial charge on any atom is 0.268 e. The first-order valence-corrected chi connectivity index (χ1v) is 13.9. The summed E-state index contributed by atoms with van der Waals surface area (Å²) in [4.78, 5) is 21.2. The van der Waals surface area contributed by atoms with Gasteiger partial charge in [0.05, 0.1) is 29.9 Å². The zero-order valence-corrected chi connectivity index (χ0v) is 21.9. The second-order valence-corrected chi connectivity index (χ2v) is 11.5. The minimum Gasteiger partial charge on any atom is -0.325 e. The molecule has 0 aliphatic carbocycles. The van der Waals surface area contributed by atoms with Crippen molar-refractivity contribution >= 4 is 50.7 Å². The summed E-state index contributed by atoms with van der Waals surface area (Å²) in [5.41, 5.74) is 3.20. The van der Waals surface area contributed by atoms with Gasteiger partial charge in [-0.2, -0.15) is 0 Å². The molecule has 0 atom stereocenters. The van der Waals surface area contributed by atoms with Gasteiger partial charge >= 0.3 is 0 Å². The van der Waals surface area contributed by atoms with Crippen LogP contribution in [0.15, 0.2) is 83.0 Å². The van der Waals surface area contributed by atoms with Crippen LogP contribution in [0.4, 0.5) is 15.8 Å². The van der Waals surface area contributed by atoms with Crippen LogP contribution in [-0.2, 0) is 21.4 Å². The van der Waals surface area contributed by atoms with Gasteiger partial charge in [-0.25, -0.2) is 22.8 Å². The number of sulfonamides is 1. The maximum atomic E-state index is 13.6. The number of aromatic nitrogens is 2. The minimum atomic E-state index is -3.98. The molecule has 37 heavy (non-hydrogen) atoms. The second-order valence-electron chi connectivity index (χ2n) is 8.32. The third-order valence-corrected chi connectivity index (χ3v) is 8.61. The summed E-state index contributed by atoms with van der Waals surface area (Å²) < 4.78 is 41.9. The molecule has 1 aliphatic heterocycles. The lowest BCUT2D eigenvalue weighted by molar-refractivity contribution is -0.113. The first-order chi connectivity index (χ1) is 17.7. The number of aryl methyl sites for hydroxylation is 1. The molecule has 0 saturated carbocycles. The van der Waals surface area contributed by atoms with Crippen LogP contribution in [0.2, 0.25) is 5.02 Å². The Balaban J connectivity index is 1.43. The van der Waals surface area contributed by atoms with Crippen LogP contribution in [0.5, 0.6) is 0 Å². The Kier molecular flexibility index (Phi) is 6.89. The smallest absolute Gasteiger partial charge is 0.268 e. The van der Waals surface area contributed by atoms with Gasteiger partial charge in [0.15, 0.2) is 5.16 Å².